The van der Waals surface area contributed by atoms with E-state index in [1.807, 2.05) is 25.1 Å². The zero-order valence-electron chi connectivity index (χ0n) is 12.7. The van der Waals surface area contributed by atoms with Gasteiger partial charge in [0.15, 0.2) is 0 Å². The summed E-state index contributed by atoms with van der Waals surface area (Å²) in [5.74, 6) is -0.0679. The monoisotopic (exact) mass is 288 g/mol. The second kappa shape index (κ2) is 10.9. The van der Waals surface area contributed by atoms with Crippen LogP contribution < -0.4 is 5.32 Å². The maximum atomic E-state index is 11.6. The third-order valence-corrected chi connectivity index (χ3v) is 3.14. The Labute approximate surface area is 127 Å². The van der Waals surface area contributed by atoms with Gasteiger partial charge in [-0.2, -0.15) is 5.26 Å². The van der Waals surface area contributed by atoms with Crippen molar-refractivity contribution in [1.29, 1.82) is 5.26 Å². The molecule has 114 valence electrons. The Balaban J connectivity index is 2.03. The fraction of sp³-hybridized carbons (Fsp3) is 0.529. The number of carbonyl (C=O) groups is 1. The summed E-state index contributed by atoms with van der Waals surface area (Å²) in [6.45, 7) is 3.24. The molecule has 0 heterocycles. The molecule has 0 aliphatic carbocycles. The quantitative estimate of drug-likeness (QED) is 0.673. The zero-order valence-corrected chi connectivity index (χ0v) is 12.7. The third-order valence-electron chi connectivity index (χ3n) is 3.14. The smallest absolute Gasteiger partial charge is 0.221 e. The normalized spacial score (nSPS) is 11.6. The van der Waals surface area contributed by atoms with Crippen LogP contribution in [0.5, 0.6) is 0 Å². The SMILES string of the molecule is CCC[C@@H](C#N)NC(=O)CCCOCCc1ccccc1. The highest BCUT2D eigenvalue weighted by molar-refractivity contribution is 5.76. The molecular formula is C17H24N2O2. The molecule has 1 rings (SSSR count). The van der Waals surface area contributed by atoms with Crippen molar-refractivity contribution in [1.82, 2.24) is 5.32 Å². The van der Waals surface area contributed by atoms with Crippen LogP contribution in [0.1, 0.15) is 38.2 Å². The standard InChI is InChI=1S/C17H24N2O2/c1-2-7-16(14-18)19-17(20)10-6-12-21-13-11-15-8-4-3-5-9-15/h3-5,8-9,16H,2,6-7,10-13H2,1H3,(H,19,20)/t16-/m0/s1. The van der Waals surface area contributed by atoms with Crippen molar-refractivity contribution in [3.8, 4) is 6.07 Å². The van der Waals surface area contributed by atoms with E-state index in [0.717, 1.165) is 12.8 Å². The van der Waals surface area contributed by atoms with Gasteiger partial charge in [-0.15, -0.1) is 0 Å². The molecule has 1 atom stereocenters. The molecule has 0 saturated carbocycles. The van der Waals surface area contributed by atoms with Crippen molar-refractivity contribution < 1.29 is 9.53 Å². The van der Waals surface area contributed by atoms with E-state index >= 15 is 0 Å². The fourth-order valence-electron chi connectivity index (χ4n) is 2.00. The summed E-state index contributed by atoms with van der Waals surface area (Å²) < 4.78 is 5.52. The van der Waals surface area contributed by atoms with E-state index in [9.17, 15) is 4.79 Å². The Morgan fingerprint density at radius 2 is 2.10 bits per heavy atom. The summed E-state index contributed by atoms with van der Waals surface area (Å²) in [5, 5.41) is 11.6. The Hall–Kier alpha value is -1.86. The average Bonchev–Trinajstić information content (AvgIpc) is 2.51. The number of nitrogens with zero attached hydrogens (tertiary/aromatic N) is 1. The van der Waals surface area contributed by atoms with Gasteiger partial charge in [-0.1, -0.05) is 43.7 Å². The lowest BCUT2D eigenvalue weighted by molar-refractivity contribution is -0.121. The highest BCUT2D eigenvalue weighted by atomic mass is 16.5. The van der Waals surface area contributed by atoms with Gasteiger partial charge in [0.2, 0.25) is 5.91 Å². The predicted molar refractivity (Wildman–Crippen MR) is 82.7 cm³/mol. The molecular weight excluding hydrogens is 264 g/mol. The van der Waals surface area contributed by atoms with Crippen LogP contribution in [0.25, 0.3) is 0 Å². The van der Waals surface area contributed by atoms with Crippen LogP contribution >= 0.6 is 0 Å². The van der Waals surface area contributed by atoms with Gasteiger partial charge in [0.1, 0.15) is 6.04 Å². The molecule has 0 radical (unpaired) electrons. The van der Waals surface area contributed by atoms with Crippen LogP contribution in [-0.4, -0.2) is 25.2 Å². The van der Waals surface area contributed by atoms with E-state index in [-0.39, 0.29) is 11.9 Å². The van der Waals surface area contributed by atoms with Crippen molar-refractivity contribution in [2.24, 2.45) is 0 Å². The topological polar surface area (TPSA) is 62.1 Å². The summed E-state index contributed by atoms with van der Waals surface area (Å²) in [6.07, 6.45) is 3.58. The largest absolute Gasteiger partial charge is 0.381 e. The van der Waals surface area contributed by atoms with Crippen molar-refractivity contribution in [2.45, 2.75) is 45.1 Å². The molecule has 0 aromatic heterocycles. The lowest BCUT2D eigenvalue weighted by Crippen LogP contribution is -2.33. The fourth-order valence-corrected chi connectivity index (χ4v) is 2.00. The second-order valence-corrected chi connectivity index (χ2v) is 4.99. The number of hydrogen-bond donors (Lipinski definition) is 1. The van der Waals surface area contributed by atoms with Crippen molar-refractivity contribution in [3.63, 3.8) is 0 Å². The minimum Gasteiger partial charge on any atom is -0.381 e. The van der Waals surface area contributed by atoms with Gasteiger partial charge in [-0.25, -0.2) is 0 Å². The zero-order chi connectivity index (χ0) is 15.3. The first-order valence-electron chi connectivity index (χ1n) is 7.57. The van der Waals surface area contributed by atoms with Gasteiger partial charge in [-0.05, 0) is 24.8 Å². The van der Waals surface area contributed by atoms with Crippen LogP contribution in [0, 0.1) is 11.3 Å². The minimum absolute atomic E-state index is 0.0679. The summed E-state index contributed by atoms with van der Waals surface area (Å²) in [7, 11) is 0. The lowest BCUT2D eigenvalue weighted by Gasteiger charge is -2.10. The molecule has 0 unspecified atom stereocenters. The van der Waals surface area contributed by atoms with E-state index in [4.69, 9.17) is 10.00 Å². The number of amides is 1. The van der Waals surface area contributed by atoms with Crippen LogP contribution in [0.2, 0.25) is 0 Å². The van der Waals surface area contributed by atoms with E-state index in [0.29, 0.717) is 32.5 Å². The summed E-state index contributed by atoms with van der Waals surface area (Å²) in [4.78, 5) is 11.6. The van der Waals surface area contributed by atoms with Crippen molar-refractivity contribution in [3.05, 3.63) is 35.9 Å². The molecule has 1 N–H and O–H groups in total. The van der Waals surface area contributed by atoms with Gasteiger partial charge in [0.05, 0.1) is 12.7 Å². The minimum atomic E-state index is -0.360. The first kappa shape index (κ1) is 17.2. The predicted octanol–water partition coefficient (Wildman–Crippen LogP) is 2.83. The summed E-state index contributed by atoms with van der Waals surface area (Å²) in [5.41, 5.74) is 1.26. The maximum absolute atomic E-state index is 11.6. The number of benzene rings is 1. The Morgan fingerprint density at radius 1 is 1.33 bits per heavy atom. The first-order valence-corrected chi connectivity index (χ1v) is 7.57. The molecule has 1 aromatic rings. The molecule has 1 aromatic carbocycles. The third kappa shape index (κ3) is 8.11. The molecule has 0 saturated heterocycles. The van der Waals surface area contributed by atoms with Gasteiger partial charge < -0.3 is 10.1 Å². The van der Waals surface area contributed by atoms with E-state index in [2.05, 4.69) is 23.5 Å². The number of ether oxygens (including phenoxy) is 1. The number of nitrogens with one attached hydrogen (secondary N) is 1. The number of nitriles is 1. The lowest BCUT2D eigenvalue weighted by atomic mass is 10.2. The van der Waals surface area contributed by atoms with E-state index < -0.39 is 0 Å². The van der Waals surface area contributed by atoms with Crippen LogP contribution in [0.4, 0.5) is 0 Å². The highest BCUT2D eigenvalue weighted by Gasteiger charge is 2.09. The van der Waals surface area contributed by atoms with Crippen molar-refractivity contribution >= 4 is 5.91 Å². The molecule has 0 fully saturated rings. The summed E-state index contributed by atoms with van der Waals surface area (Å²) >= 11 is 0. The van der Waals surface area contributed by atoms with E-state index in [1.165, 1.54) is 5.56 Å². The van der Waals surface area contributed by atoms with Gasteiger partial charge >= 0.3 is 0 Å². The van der Waals surface area contributed by atoms with Gasteiger partial charge in [0, 0.05) is 13.0 Å². The van der Waals surface area contributed by atoms with Gasteiger partial charge in [0.25, 0.3) is 0 Å². The Kier molecular flexibility index (Phi) is 8.90. The van der Waals surface area contributed by atoms with Crippen LogP contribution in [-0.2, 0) is 16.0 Å². The number of hydrogen-bond acceptors (Lipinski definition) is 3. The number of carbonyl (C=O) groups excluding carboxylic acids is 1. The molecule has 4 nitrogen and oxygen atoms in total. The molecule has 0 aliphatic rings. The highest BCUT2D eigenvalue weighted by Crippen LogP contribution is 2.01. The molecule has 21 heavy (non-hydrogen) atoms. The first-order chi connectivity index (χ1) is 10.3. The van der Waals surface area contributed by atoms with E-state index in [1.54, 1.807) is 0 Å². The molecule has 4 heteroatoms. The maximum Gasteiger partial charge on any atom is 0.221 e. The molecule has 0 spiro atoms. The average molecular weight is 288 g/mol. The second-order valence-electron chi connectivity index (χ2n) is 4.99. The van der Waals surface area contributed by atoms with Gasteiger partial charge in [-0.3, -0.25) is 4.79 Å². The Morgan fingerprint density at radius 3 is 2.76 bits per heavy atom. The Bertz CT molecular complexity index is 440. The van der Waals surface area contributed by atoms with Crippen LogP contribution in [0.3, 0.4) is 0 Å². The van der Waals surface area contributed by atoms with Crippen LogP contribution in [0.15, 0.2) is 30.3 Å². The number of rotatable bonds is 10. The summed E-state index contributed by atoms with van der Waals surface area (Å²) in [6, 6.07) is 11.9. The molecule has 1 amide bonds. The van der Waals surface area contributed by atoms with Crippen molar-refractivity contribution in [2.75, 3.05) is 13.2 Å². The molecule has 0 aliphatic heterocycles. The molecule has 0 bridgehead atoms.